The molecule has 0 bridgehead atoms. The van der Waals surface area contributed by atoms with Gasteiger partial charge in [-0.1, -0.05) is 0 Å². The molecule has 0 aliphatic rings. The summed E-state index contributed by atoms with van der Waals surface area (Å²) < 4.78 is 28.3. The molecule has 1 rings (SSSR count). The van der Waals surface area contributed by atoms with Crippen molar-refractivity contribution in [3.05, 3.63) is 24.0 Å². The lowest BCUT2D eigenvalue weighted by atomic mass is 10.3. The molecule has 0 spiro atoms. The van der Waals surface area contributed by atoms with E-state index in [-0.39, 0.29) is 17.3 Å². The van der Waals surface area contributed by atoms with Crippen LogP contribution in [0, 0.1) is 5.41 Å². The van der Waals surface area contributed by atoms with E-state index < -0.39 is 13.0 Å². The summed E-state index contributed by atoms with van der Waals surface area (Å²) in [6.07, 6.45) is -1.18. The van der Waals surface area contributed by atoms with Crippen LogP contribution in [0.2, 0.25) is 0 Å². The molecule has 0 fully saturated rings. The predicted octanol–water partition coefficient (Wildman–Crippen LogP) is 1.01. The lowest BCUT2D eigenvalue weighted by Gasteiger charge is -2.05. The third-order valence-electron chi connectivity index (χ3n) is 1.38. The molecule has 0 unspecified atom stereocenters. The summed E-state index contributed by atoms with van der Waals surface area (Å²) in [5.41, 5.74) is 5.36. The number of alkyl halides is 2. The second-order valence-electron chi connectivity index (χ2n) is 2.49. The van der Waals surface area contributed by atoms with E-state index in [2.05, 4.69) is 4.98 Å². The van der Waals surface area contributed by atoms with E-state index in [4.69, 9.17) is 15.9 Å². The summed E-state index contributed by atoms with van der Waals surface area (Å²) in [6.45, 7) is -0.679. The molecule has 6 heteroatoms. The molecule has 1 aromatic heterocycles. The topological polar surface area (TPSA) is 72.0 Å². The number of amidine groups is 1. The predicted molar refractivity (Wildman–Crippen MR) is 46.8 cm³/mol. The number of nitrogen functional groups attached to an aromatic ring is 1. The van der Waals surface area contributed by atoms with Gasteiger partial charge in [-0.3, -0.25) is 10.4 Å². The molecule has 3 N–H and O–H groups in total. The molecule has 14 heavy (non-hydrogen) atoms. The maximum atomic E-state index is 11.8. The first-order valence-corrected chi connectivity index (χ1v) is 3.81. The molecule has 1 aromatic rings. The van der Waals surface area contributed by atoms with Gasteiger partial charge in [0.2, 0.25) is 0 Å². The minimum atomic E-state index is -2.52. The van der Waals surface area contributed by atoms with E-state index in [1.807, 2.05) is 0 Å². The highest BCUT2D eigenvalue weighted by molar-refractivity contribution is 5.93. The Labute approximate surface area is 79.2 Å². The van der Waals surface area contributed by atoms with Crippen LogP contribution >= 0.6 is 0 Å². The second-order valence-corrected chi connectivity index (χ2v) is 2.49. The van der Waals surface area contributed by atoms with E-state index in [1.165, 1.54) is 18.3 Å². The summed E-state index contributed by atoms with van der Waals surface area (Å²) in [6, 6.07) is 2.76. The number of pyridine rings is 1. The molecule has 4 nitrogen and oxygen atoms in total. The Kier molecular flexibility index (Phi) is 3.33. The molecule has 0 aliphatic carbocycles. The molecule has 1 heterocycles. The largest absolute Gasteiger partial charge is 0.488 e. The summed E-state index contributed by atoms with van der Waals surface area (Å²) in [4.78, 5) is 3.75. The normalized spacial score (nSPS) is 10.2. The van der Waals surface area contributed by atoms with Crippen molar-refractivity contribution in [2.75, 3.05) is 6.61 Å². The van der Waals surface area contributed by atoms with Gasteiger partial charge in [-0.25, -0.2) is 8.78 Å². The molecule has 0 aromatic carbocycles. The van der Waals surface area contributed by atoms with Crippen LogP contribution in [0.4, 0.5) is 8.78 Å². The average Bonchev–Trinajstić information content (AvgIpc) is 2.15. The van der Waals surface area contributed by atoms with Crippen molar-refractivity contribution in [2.45, 2.75) is 6.43 Å². The third-order valence-corrected chi connectivity index (χ3v) is 1.38. The number of aromatic nitrogens is 1. The number of nitrogens with two attached hydrogens (primary N) is 1. The highest BCUT2D eigenvalue weighted by Gasteiger charge is 2.05. The lowest BCUT2D eigenvalue weighted by Crippen LogP contribution is -2.13. The van der Waals surface area contributed by atoms with E-state index in [0.717, 1.165) is 0 Å². The van der Waals surface area contributed by atoms with Crippen molar-refractivity contribution in [1.29, 1.82) is 5.41 Å². The van der Waals surface area contributed by atoms with Crippen molar-refractivity contribution < 1.29 is 13.5 Å². The number of rotatable bonds is 4. The van der Waals surface area contributed by atoms with Gasteiger partial charge in [0, 0.05) is 12.3 Å². The summed E-state index contributed by atoms with van der Waals surface area (Å²) >= 11 is 0. The molecule has 0 aliphatic heterocycles. The number of ether oxygens (including phenoxy) is 1. The minimum Gasteiger partial charge on any atom is -0.488 e. The van der Waals surface area contributed by atoms with Gasteiger partial charge >= 0.3 is 0 Å². The molecule has 0 radical (unpaired) electrons. The summed E-state index contributed by atoms with van der Waals surface area (Å²) in [7, 11) is 0. The van der Waals surface area contributed by atoms with Gasteiger partial charge in [0.1, 0.15) is 23.9 Å². The molecule has 0 saturated carbocycles. The summed E-state index contributed by atoms with van der Waals surface area (Å²) in [5.74, 6) is -0.00185. The first kappa shape index (κ1) is 10.4. The highest BCUT2D eigenvalue weighted by atomic mass is 19.3. The molecule has 0 amide bonds. The van der Waals surface area contributed by atoms with Gasteiger partial charge in [-0.2, -0.15) is 0 Å². The Bertz CT molecular complexity index is 330. The zero-order chi connectivity index (χ0) is 10.6. The van der Waals surface area contributed by atoms with Crippen LogP contribution in [0.15, 0.2) is 18.3 Å². The van der Waals surface area contributed by atoms with Crippen molar-refractivity contribution in [1.82, 2.24) is 4.98 Å². The van der Waals surface area contributed by atoms with E-state index in [0.29, 0.717) is 0 Å². The van der Waals surface area contributed by atoms with E-state index in [9.17, 15) is 8.78 Å². The van der Waals surface area contributed by atoms with Crippen LogP contribution in [0.1, 0.15) is 5.69 Å². The average molecular weight is 201 g/mol. The zero-order valence-electron chi connectivity index (χ0n) is 7.21. The smallest absolute Gasteiger partial charge is 0.272 e. The Morgan fingerprint density at radius 1 is 1.64 bits per heavy atom. The molecular formula is C8H9F2N3O. The fraction of sp³-hybridized carbons (Fsp3) is 0.250. The van der Waals surface area contributed by atoms with Crippen molar-refractivity contribution in [3.8, 4) is 5.75 Å². The molecule has 0 atom stereocenters. The number of hydrogen-bond donors (Lipinski definition) is 2. The maximum absolute atomic E-state index is 11.8. The number of nitrogens with one attached hydrogen (secondary N) is 1. The van der Waals surface area contributed by atoms with Crippen LogP contribution in [0.3, 0.4) is 0 Å². The van der Waals surface area contributed by atoms with Gasteiger partial charge in [-0.05, 0) is 6.07 Å². The summed E-state index contributed by atoms with van der Waals surface area (Å²) in [5, 5.41) is 7.06. The quantitative estimate of drug-likeness (QED) is 0.564. The molecule has 0 saturated heterocycles. The number of halogens is 2. The Hall–Kier alpha value is -1.72. The first-order chi connectivity index (χ1) is 6.59. The van der Waals surface area contributed by atoms with Gasteiger partial charge in [0.15, 0.2) is 0 Å². The zero-order valence-corrected chi connectivity index (χ0v) is 7.21. The molecule has 76 valence electrons. The van der Waals surface area contributed by atoms with Gasteiger partial charge in [-0.15, -0.1) is 0 Å². The second kappa shape index (κ2) is 4.50. The minimum absolute atomic E-state index is 0.205. The maximum Gasteiger partial charge on any atom is 0.272 e. The monoisotopic (exact) mass is 201 g/mol. The third kappa shape index (κ3) is 2.96. The standard InChI is InChI=1S/C8H9F2N3O/c9-7(10)4-14-5-1-2-13-6(3-5)8(11)12/h1-3,7H,4H2,(H3,11,12). The Balaban J connectivity index is 2.69. The van der Waals surface area contributed by atoms with Crippen molar-refractivity contribution in [3.63, 3.8) is 0 Å². The van der Waals surface area contributed by atoms with Gasteiger partial charge in [0.05, 0.1) is 0 Å². The first-order valence-electron chi connectivity index (χ1n) is 3.81. The fourth-order valence-electron chi connectivity index (χ4n) is 0.807. The van der Waals surface area contributed by atoms with E-state index in [1.54, 1.807) is 0 Å². The molecular weight excluding hydrogens is 192 g/mol. The fourth-order valence-corrected chi connectivity index (χ4v) is 0.807. The van der Waals surface area contributed by atoms with Crippen molar-refractivity contribution >= 4 is 5.84 Å². The van der Waals surface area contributed by atoms with Crippen LogP contribution < -0.4 is 10.5 Å². The van der Waals surface area contributed by atoms with Crippen LogP contribution in [-0.2, 0) is 0 Å². The van der Waals surface area contributed by atoms with Crippen molar-refractivity contribution in [2.24, 2.45) is 5.73 Å². The van der Waals surface area contributed by atoms with Crippen LogP contribution in [0.5, 0.6) is 5.75 Å². The Morgan fingerprint density at radius 3 is 2.93 bits per heavy atom. The van der Waals surface area contributed by atoms with E-state index >= 15 is 0 Å². The van der Waals surface area contributed by atoms with Crippen LogP contribution in [-0.4, -0.2) is 23.9 Å². The Morgan fingerprint density at radius 2 is 2.36 bits per heavy atom. The lowest BCUT2D eigenvalue weighted by molar-refractivity contribution is 0.0818. The SMILES string of the molecule is N=C(N)c1cc(OCC(F)F)ccn1. The van der Waals surface area contributed by atoms with Crippen LogP contribution in [0.25, 0.3) is 0 Å². The number of hydrogen-bond acceptors (Lipinski definition) is 3. The highest BCUT2D eigenvalue weighted by Crippen LogP contribution is 2.11. The van der Waals surface area contributed by atoms with Gasteiger partial charge in [0.25, 0.3) is 6.43 Å². The number of nitrogens with zero attached hydrogens (tertiary/aromatic N) is 1. The van der Waals surface area contributed by atoms with Gasteiger partial charge < -0.3 is 10.5 Å².